The van der Waals surface area contributed by atoms with Crippen LogP contribution >= 0.6 is 15.9 Å². The molecule has 0 atom stereocenters. The first kappa shape index (κ1) is 13.6. The van der Waals surface area contributed by atoms with Crippen LogP contribution in [-0.2, 0) is 0 Å². The SMILES string of the molecule is CNc1nc(-c2cccc(Br)c2F)nc(-n2cncn2)n1. The molecular weight excluding hydrogens is 341 g/mol. The molecule has 0 fully saturated rings. The van der Waals surface area contributed by atoms with E-state index in [9.17, 15) is 4.39 Å². The largest absolute Gasteiger partial charge is 0.357 e. The fourth-order valence-electron chi connectivity index (χ4n) is 1.69. The molecule has 0 unspecified atom stereocenters. The summed E-state index contributed by atoms with van der Waals surface area (Å²) in [4.78, 5) is 16.4. The third-order valence-electron chi connectivity index (χ3n) is 2.66. The molecular formula is C12H9BrFN7. The number of hydrogen-bond acceptors (Lipinski definition) is 6. The monoisotopic (exact) mass is 349 g/mol. The van der Waals surface area contributed by atoms with E-state index < -0.39 is 5.82 Å². The molecule has 1 aromatic carbocycles. The van der Waals surface area contributed by atoms with Gasteiger partial charge < -0.3 is 5.32 Å². The molecule has 0 aliphatic heterocycles. The van der Waals surface area contributed by atoms with Gasteiger partial charge in [0, 0.05) is 7.05 Å². The highest BCUT2D eigenvalue weighted by Gasteiger charge is 2.14. The van der Waals surface area contributed by atoms with Gasteiger partial charge in [-0.3, -0.25) is 0 Å². The van der Waals surface area contributed by atoms with Crippen molar-refractivity contribution < 1.29 is 4.39 Å². The van der Waals surface area contributed by atoms with Crippen molar-refractivity contribution in [2.45, 2.75) is 0 Å². The lowest BCUT2D eigenvalue weighted by Gasteiger charge is -2.07. The Labute approximate surface area is 127 Å². The minimum atomic E-state index is -0.435. The molecule has 0 bridgehead atoms. The van der Waals surface area contributed by atoms with E-state index in [1.165, 1.54) is 17.3 Å². The van der Waals surface area contributed by atoms with Crippen LogP contribution in [0.3, 0.4) is 0 Å². The average Bonchev–Trinajstić information content (AvgIpc) is 3.04. The third kappa shape index (κ3) is 2.59. The van der Waals surface area contributed by atoms with Gasteiger partial charge in [0.2, 0.25) is 5.95 Å². The van der Waals surface area contributed by atoms with Crippen molar-refractivity contribution in [2.24, 2.45) is 0 Å². The Morgan fingerprint density at radius 1 is 1.24 bits per heavy atom. The highest BCUT2D eigenvalue weighted by molar-refractivity contribution is 9.10. The van der Waals surface area contributed by atoms with Crippen molar-refractivity contribution >= 4 is 21.9 Å². The number of aromatic nitrogens is 6. The Kier molecular flexibility index (Phi) is 3.57. The summed E-state index contributed by atoms with van der Waals surface area (Å²) in [7, 11) is 1.67. The molecule has 0 saturated heterocycles. The van der Waals surface area contributed by atoms with Crippen molar-refractivity contribution in [3.63, 3.8) is 0 Å². The van der Waals surface area contributed by atoms with E-state index in [2.05, 4.69) is 46.3 Å². The van der Waals surface area contributed by atoms with Crippen LogP contribution in [0.1, 0.15) is 0 Å². The second kappa shape index (κ2) is 5.52. The number of benzene rings is 1. The Balaban J connectivity index is 2.18. The number of nitrogens with zero attached hydrogens (tertiary/aromatic N) is 6. The standard InChI is InChI=1S/C12H9BrFN7/c1-15-11-18-10(7-3-2-4-8(13)9(7)14)19-12(20-11)21-6-16-5-17-21/h2-6H,1H3,(H,15,18,19,20). The molecule has 0 aliphatic rings. The lowest BCUT2D eigenvalue weighted by molar-refractivity contribution is 0.623. The second-order valence-electron chi connectivity index (χ2n) is 3.97. The van der Waals surface area contributed by atoms with Gasteiger partial charge in [-0.05, 0) is 28.1 Å². The Morgan fingerprint density at radius 3 is 2.81 bits per heavy atom. The number of anilines is 1. The normalized spacial score (nSPS) is 10.6. The molecule has 7 nitrogen and oxygen atoms in total. The van der Waals surface area contributed by atoms with Gasteiger partial charge >= 0.3 is 0 Å². The highest BCUT2D eigenvalue weighted by atomic mass is 79.9. The maximum absolute atomic E-state index is 14.2. The Hall–Kier alpha value is -2.42. The van der Waals surface area contributed by atoms with Crippen molar-refractivity contribution in [1.29, 1.82) is 0 Å². The predicted molar refractivity (Wildman–Crippen MR) is 77.4 cm³/mol. The molecule has 2 heterocycles. The van der Waals surface area contributed by atoms with Gasteiger partial charge in [-0.1, -0.05) is 6.07 Å². The topological polar surface area (TPSA) is 81.4 Å². The number of rotatable bonds is 3. The molecule has 0 aliphatic carbocycles. The van der Waals surface area contributed by atoms with Crippen LogP contribution in [0.15, 0.2) is 35.3 Å². The summed E-state index contributed by atoms with van der Waals surface area (Å²) in [5, 5.41) is 6.77. The summed E-state index contributed by atoms with van der Waals surface area (Å²) in [6, 6.07) is 4.91. The van der Waals surface area contributed by atoms with Crippen LogP contribution < -0.4 is 5.32 Å². The zero-order valence-electron chi connectivity index (χ0n) is 10.8. The zero-order valence-corrected chi connectivity index (χ0v) is 12.4. The zero-order chi connectivity index (χ0) is 14.8. The van der Waals surface area contributed by atoms with Gasteiger partial charge in [0.15, 0.2) is 5.82 Å². The molecule has 0 amide bonds. The molecule has 9 heteroatoms. The van der Waals surface area contributed by atoms with Crippen molar-refractivity contribution in [1.82, 2.24) is 29.7 Å². The Bertz CT molecular complexity index is 775. The molecule has 21 heavy (non-hydrogen) atoms. The molecule has 0 radical (unpaired) electrons. The van der Waals surface area contributed by atoms with E-state index in [0.29, 0.717) is 10.4 Å². The summed E-state index contributed by atoms with van der Waals surface area (Å²) in [5.74, 6) is 0.333. The minimum absolute atomic E-state index is 0.207. The molecule has 0 saturated carbocycles. The molecule has 2 aromatic heterocycles. The van der Waals surface area contributed by atoms with Gasteiger partial charge in [-0.25, -0.2) is 9.37 Å². The van der Waals surface area contributed by atoms with E-state index in [1.54, 1.807) is 25.2 Å². The summed E-state index contributed by atoms with van der Waals surface area (Å²) in [5.41, 5.74) is 0.268. The first-order valence-electron chi connectivity index (χ1n) is 5.92. The lowest BCUT2D eigenvalue weighted by Crippen LogP contribution is -2.08. The van der Waals surface area contributed by atoms with E-state index in [1.807, 2.05) is 0 Å². The smallest absolute Gasteiger partial charge is 0.257 e. The van der Waals surface area contributed by atoms with Gasteiger partial charge in [0.05, 0.1) is 10.0 Å². The highest BCUT2D eigenvalue weighted by Crippen LogP contribution is 2.26. The maximum atomic E-state index is 14.2. The van der Waals surface area contributed by atoms with Gasteiger partial charge in [0.1, 0.15) is 18.5 Å². The fraction of sp³-hybridized carbons (Fsp3) is 0.0833. The van der Waals surface area contributed by atoms with Crippen LogP contribution in [0.5, 0.6) is 0 Å². The first-order valence-corrected chi connectivity index (χ1v) is 6.71. The second-order valence-corrected chi connectivity index (χ2v) is 4.83. The van der Waals surface area contributed by atoms with Crippen molar-refractivity contribution in [3.8, 4) is 17.3 Å². The lowest BCUT2D eigenvalue weighted by atomic mass is 10.2. The Morgan fingerprint density at radius 2 is 2.10 bits per heavy atom. The summed E-state index contributed by atoms with van der Waals surface area (Å²) in [6.45, 7) is 0. The van der Waals surface area contributed by atoms with E-state index in [4.69, 9.17) is 0 Å². The average molecular weight is 350 g/mol. The number of nitrogens with one attached hydrogen (secondary N) is 1. The predicted octanol–water partition coefficient (Wildman–Crippen LogP) is 2.06. The molecule has 1 N–H and O–H groups in total. The molecule has 106 valence electrons. The van der Waals surface area contributed by atoms with Gasteiger partial charge in [0.25, 0.3) is 5.95 Å². The summed E-state index contributed by atoms with van der Waals surface area (Å²) >= 11 is 3.15. The van der Waals surface area contributed by atoms with E-state index >= 15 is 0 Å². The van der Waals surface area contributed by atoms with E-state index in [-0.39, 0.29) is 17.3 Å². The third-order valence-corrected chi connectivity index (χ3v) is 3.28. The molecule has 3 aromatic rings. The molecule has 0 spiro atoms. The first-order chi connectivity index (χ1) is 10.2. The summed E-state index contributed by atoms with van der Waals surface area (Å²) in [6.07, 6.45) is 2.82. The summed E-state index contributed by atoms with van der Waals surface area (Å²) < 4.78 is 15.9. The minimum Gasteiger partial charge on any atom is -0.357 e. The van der Waals surface area contributed by atoms with Crippen LogP contribution in [0.4, 0.5) is 10.3 Å². The number of halogens is 2. The van der Waals surface area contributed by atoms with E-state index in [0.717, 1.165) is 0 Å². The van der Waals surface area contributed by atoms with Crippen LogP contribution in [-0.4, -0.2) is 36.8 Å². The van der Waals surface area contributed by atoms with Crippen LogP contribution in [0.2, 0.25) is 0 Å². The molecule has 3 rings (SSSR count). The van der Waals surface area contributed by atoms with Gasteiger partial charge in [-0.15, -0.1) is 0 Å². The van der Waals surface area contributed by atoms with Crippen molar-refractivity contribution in [3.05, 3.63) is 41.1 Å². The number of hydrogen-bond donors (Lipinski definition) is 1. The van der Waals surface area contributed by atoms with Crippen LogP contribution in [0.25, 0.3) is 17.3 Å². The van der Waals surface area contributed by atoms with Gasteiger partial charge in [-0.2, -0.15) is 24.7 Å². The fourth-order valence-corrected chi connectivity index (χ4v) is 2.05. The van der Waals surface area contributed by atoms with Crippen molar-refractivity contribution in [2.75, 3.05) is 12.4 Å². The maximum Gasteiger partial charge on any atom is 0.257 e. The quantitative estimate of drug-likeness (QED) is 0.779. The van der Waals surface area contributed by atoms with Crippen LogP contribution in [0, 0.1) is 5.82 Å².